The van der Waals surface area contributed by atoms with Gasteiger partial charge in [0.1, 0.15) is 0 Å². The molecule has 2 unspecified atom stereocenters. The number of rotatable bonds is 3. The van der Waals surface area contributed by atoms with Crippen molar-refractivity contribution in [3.8, 4) is 0 Å². The zero-order valence-corrected chi connectivity index (χ0v) is 12.4. The summed E-state index contributed by atoms with van der Waals surface area (Å²) in [6.45, 7) is 0. The Morgan fingerprint density at radius 2 is 2.00 bits per heavy atom. The Kier molecular flexibility index (Phi) is 4.10. The van der Waals surface area contributed by atoms with Gasteiger partial charge in [-0.2, -0.15) is 0 Å². The molecule has 2 rings (SSSR count). The molecule has 1 aromatic rings. The Morgan fingerprint density at radius 3 is 2.53 bits per heavy atom. The van der Waals surface area contributed by atoms with Crippen LogP contribution >= 0.6 is 22.6 Å². The van der Waals surface area contributed by atoms with Crippen LogP contribution in [0.25, 0.3) is 0 Å². The highest BCUT2D eigenvalue weighted by atomic mass is 127. The number of sulfone groups is 1. The molecule has 0 bridgehead atoms. The summed E-state index contributed by atoms with van der Waals surface area (Å²) in [7, 11) is -2.82. The second kappa shape index (κ2) is 5.24. The molecule has 0 saturated carbocycles. The summed E-state index contributed by atoms with van der Waals surface area (Å²) in [4.78, 5) is 0. The molecule has 3 nitrogen and oxygen atoms in total. The Balaban J connectivity index is 1.98. The van der Waals surface area contributed by atoms with E-state index in [4.69, 9.17) is 5.73 Å². The SMILES string of the molecule is NC(Cc1ccc(I)cc1)C1CCS(=O)(=O)C1. The second-order valence-electron chi connectivity index (χ2n) is 4.66. The van der Waals surface area contributed by atoms with Crippen molar-refractivity contribution in [3.63, 3.8) is 0 Å². The lowest BCUT2D eigenvalue weighted by atomic mass is 9.94. The van der Waals surface area contributed by atoms with E-state index < -0.39 is 9.84 Å². The normalized spacial score (nSPS) is 24.7. The van der Waals surface area contributed by atoms with E-state index in [1.807, 2.05) is 12.1 Å². The third-order valence-corrected chi connectivity index (χ3v) is 5.77. The van der Waals surface area contributed by atoms with E-state index in [9.17, 15) is 8.42 Å². The monoisotopic (exact) mass is 365 g/mol. The lowest BCUT2D eigenvalue weighted by Gasteiger charge is -2.17. The van der Waals surface area contributed by atoms with Gasteiger partial charge in [-0.15, -0.1) is 0 Å². The largest absolute Gasteiger partial charge is 0.327 e. The van der Waals surface area contributed by atoms with E-state index in [-0.39, 0.29) is 17.7 Å². The van der Waals surface area contributed by atoms with Gasteiger partial charge in [0.15, 0.2) is 9.84 Å². The molecule has 5 heteroatoms. The topological polar surface area (TPSA) is 60.2 Å². The van der Waals surface area contributed by atoms with Gasteiger partial charge in [-0.25, -0.2) is 8.42 Å². The predicted octanol–water partition coefficient (Wildman–Crippen LogP) is 1.60. The first kappa shape index (κ1) is 13.3. The van der Waals surface area contributed by atoms with E-state index in [0.717, 1.165) is 6.42 Å². The molecule has 1 fully saturated rings. The maximum absolute atomic E-state index is 11.4. The van der Waals surface area contributed by atoms with Crippen molar-refractivity contribution in [1.29, 1.82) is 0 Å². The highest BCUT2D eigenvalue weighted by Crippen LogP contribution is 2.23. The minimum absolute atomic E-state index is 0.0488. The summed E-state index contributed by atoms with van der Waals surface area (Å²) in [5, 5.41) is 0. The van der Waals surface area contributed by atoms with Gasteiger partial charge < -0.3 is 5.73 Å². The van der Waals surface area contributed by atoms with Crippen molar-refractivity contribution in [1.82, 2.24) is 0 Å². The van der Waals surface area contributed by atoms with Gasteiger partial charge in [-0.05, 0) is 59.0 Å². The maximum Gasteiger partial charge on any atom is 0.150 e. The summed E-state index contributed by atoms with van der Waals surface area (Å²) in [5.41, 5.74) is 7.29. The minimum atomic E-state index is -2.82. The fourth-order valence-corrected chi connectivity index (χ4v) is 4.48. The number of hydrogen-bond donors (Lipinski definition) is 1. The molecule has 0 spiro atoms. The molecule has 1 heterocycles. The molecule has 1 aromatic carbocycles. The lowest BCUT2D eigenvalue weighted by Crippen LogP contribution is -2.33. The third-order valence-electron chi connectivity index (χ3n) is 3.26. The van der Waals surface area contributed by atoms with E-state index in [1.165, 1.54) is 9.13 Å². The highest BCUT2D eigenvalue weighted by Gasteiger charge is 2.31. The summed E-state index contributed by atoms with van der Waals surface area (Å²) < 4.78 is 24.0. The van der Waals surface area contributed by atoms with E-state index in [1.54, 1.807) is 0 Å². The van der Waals surface area contributed by atoms with Crippen molar-refractivity contribution in [2.75, 3.05) is 11.5 Å². The van der Waals surface area contributed by atoms with Gasteiger partial charge in [-0.3, -0.25) is 0 Å². The van der Waals surface area contributed by atoms with Crippen LogP contribution < -0.4 is 5.73 Å². The van der Waals surface area contributed by atoms with Crippen LogP contribution in [0.2, 0.25) is 0 Å². The molecule has 1 aliphatic rings. The first-order valence-electron chi connectivity index (χ1n) is 5.67. The number of benzene rings is 1. The van der Waals surface area contributed by atoms with Crippen LogP contribution in [0, 0.1) is 9.49 Å². The van der Waals surface area contributed by atoms with Crippen LogP contribution in [0.4, 0.5) is 0 Å². The minimum Gasteiger partial charge on any atom is -0.327 e. The molecule has 17 heavy (non-hydrogen) atoms. The second-order valence-corrected chi connectivity index (χ2v) is 8.13. The van der Waals surface area contributed by atoms with Crippen LogP contribution in [0.3, 0.4) is 0 Å². The van der Waals surface area contributed by atoms with Crippen LogP contribution in [0.15, 0.2) is 24.3 Å². The van der Waals surface area contributed by atoms with Gasteiger partial charge in [0.2, 0.25) is 0 Å². The van der Waals surface area contributed by atoms with Gasteiger partial charge in [0.05, 0.1) is 11.5 Å². The van der Waals surface area contributed by atoms with Crippen LogP contribution in [-0.4, -0.2) is 26.0 Å². The van der Waals surface area contributed by atoms with E-state index in [0.29, 0.717) is 12.2 Å². The molecule has 0 aliphatic carbocycles. The highest BCUT2D eigenvalue weighted by molar-refractivity contribution is 14.1. The Labute approximate surface area is 116 Å². The van der Waals surface area contributed by atoms with Crippen molar-refractivity contribution in [3.05, 3.63) is 33.4 Å². The summed E-state index contributed by atoms with van der Waals surface area (Å²) in [6, 6.07) is 8.17. The summed E-state index contributed by atoms with van der Waals surface area (Å²) in [6.07, 6.45) is 1.48. The number of nitrogens with two attached hydrogens (primary N) is 1. The molecule has 2 N–H and O–H groups in total. The van der Waals surface area contributed by atoms with Gasteiger partial charge in [0.25, 0.3) is 0 Å². The maximum atomic E-state index is 11.4. The van der Waals surface area contributed by atoms with Gasteiger partial charge in [0, 0.05) is 9.61 Å². The molecule has 1 saturated heterocycles. The van der Waals surface area contributed by atoms with Crippen molar-refractivity contribution >= 4 is 32.4 Å². The Hall–Kier alpha value is -0.140. The fourth-order valence-electron chi connectivity index (χ4n) is 2.22. The average molecular weight is 365 g/mol. The first-order chi connectivity index (χ1) is 7.96. The lowest BCUT2D eigenvalue weighted by molar-refractivity contribution is 0.461. The number of halogens is 1. The molecular weight excluding hydrogens is 349 g/mol. The van der Waals surface area contributed by atoms with E-state index >= 15 is 0 Å². The first-order valence-corrected chi connectivity index (χ1v) is 8.57. The fraction of sp³-hybridized carbons (Fsp3) is 0.500. The summed E-state index contributed by atoms with van der Waals surface area (Å²) >= 11 is 2.26. The van der Waals surface area contributed by atoms with Crippen molar-refractivity contribution in [2.24, 2.45) is 11.7 Å². The standard InChI is InChI=1S/C12H16INO2S/c13-11-3-1-9(2-4-11)7-12(14)10-5-6-17(15,16)8-10/h1-4,10,12H,5-8,14H2. The molecule has 0 aromatic heterocycles. The van der Waals surface area contributed by atoms with Crippen molar-refractivity contribution in [2.45, 2.75) is 18.9 Å². The van der Waals surface area contributed by atoms with E-state index in [2.05, 4.69) is 34.7 Å². The van der Waals surface area contributed by atoms with Crippen LogP contribution in [-0.2, 0) is 16.3 Å². The number of hydrogen-bond acceptors (Lipinski definition) is 3. The molecule has 0 radical (unpaired) electrons. The third kappa shape index (κ3) is 3.66. The van der Waals surface area contributed by atoms with Crippen LogP contribution in [0.1, 0.15) is 12.0 Å². The van der Waals surface area contributed by atoms with Crippen molar-refractivity contribution < 1.29 is 8.42 Å². The Bertz CT molecular complexity index is 484. The zero-order valence-electron chi connectivity index (χ0n) is 9.47. The smallest absolute Gasteiger partial charge is 0.150 e. The average Bonchev–Trinajstić information content (AvgIpc) is 2.62. The molecule has 0 amide bonds. The Morgan fingerprint density at radius 1 is 1.35 bits per heavy atom. The molecular formula is C12H16INO2S. The predicted molar refractivity (Wildman–Crippen MR) is 77.6 cm³/mol. The molecule has 94 valence electrons. The van der Waals surface area contributed by atoms with Crippen LogP contribution in [0.5, 0.6) is 0 Å². The van der Waals surface area contributed by atoms with Gasteiger partial charge in [-0.1, -0.05) is 12.1 Å². The molecule has 2 atom stereocenters. The summed E-state index contributed by atoms with van der Waals surface area (Å²) in [5.74, 6) is 0.690. The quantitative estimate of drug-likeness (QED) is 0.828. The van der Waals surface area contributed by atoms with Gasteiger partial charge >= 0.3 is 0 Å². The molecule has 1 aliphatic heterocycles. The zero-order chi connectivity index (χ0) is 12.5.